The van der Waals surface area contributed by atoms with Crippen LogP contribution in [0.5, 0.6) is 0 Å². The summed E-state index contributed by atoms with van der Waals surface area (Å²) in [6.07, 6.45) is 8.76. The number of rotatable bonds is 3. The minimum atomic E-state index is 0.959. The molecule has 1 N–H and O–H groups in total. The van der Waals surface area contributed by atoms with E-state index in [-0.39, 0.29) is 0 Å². The maximum absolute atomic E-state index is 3.52. The van der Waals surface area contributed by atoms with Crippen LogP contribution in [0, 0.1) is 11.8 Å². The Balaban J connectivity index is 1.63. The van der Waals surface area contributed by atoms with Gasteiger partial charge in [-0.05, 0) is 56.4 Å². The molecule has 1 aliphatic carbocycles. The highest BCUT2D eigenvalue weighted by Crippen LogP contribution is 2.33. The molecule has 2 fully saturated rings. The van der Waals surface area contributed by atoms with E-state index in [1.54, 1.807) is 0 Å². The van der Waals surface area contributed by atoms with Crippen molar-refractivity contribution in [3.8, 4) is 0 Å². The highest BCUT2D eigenvalue weighted by atomic mass is 32.2. The summed E-state index contributed by atoms with van der Waals surface area (Å²) in [4.78, 5) is 0. The smallest absolute Gasteiger partial charge is 0.00497 e. The molecular weight excluding hydrogens is 202 g/mol. The quantitative estimate of drug-likeness (QED) is 0.794. The van der Waals surface area contributed by atoms with E-state index in [9.17, 15) is 0 Å². The number of hydrogen-bond acceptors (Lipinski definition) is 2. The lowest BCUT2D eigenvalue weighted by molar-refractivity contribution is 0.389. The second-order valence-corrected chi connectivity index (χ2v) is 6.77. The SMILES string of the molecule is CC1CCCC(SCC2CCCNC2)C1. The van der Waals surface area contributed by atoms with Crippen LogP contribution in [-0.4, -0.2) is 24.1 Å². The van der Waals surface area contributed by atoms with Crippen molar-refractivity contribution in [1.82, 2.24) is 5.32 Å². The molecule has 2 aliphatic rings. The molecule has 0 aromatic carbocycles. The van der Waals surface area contributed by atoms with Crippen molar-refractivity contribution >= 4 is 11.8 Å². The average Bonchev–Trinajstić information content (AvgIpc) is 2.28. The lowest BCUT2D eigenvalue weighted by atomic mass is 9.91. The maximum Gasteiger partial charge on any atom is 0.00497 e. The molecule has 0 aromatic rings. The molecule has 0 bridgehead atoms. The van der Waals surface area contributed by atoms with Gasteiger partial charge in [0.05, 0.1) is 0 Å². The second kappa shape index (κ2) is 6.15. The van der Waals surface area contributed by atoms with Gasteiger partial charge in [-0.1, -0.05) is 19.8 Å². The van der Waals surface area contributed by atoms with E-state index in [4.69, 9.17) is 0 Å². The van der Waals surface area contributed by atoms with Crippen molar-refractivity contribution < 1.29 is 0 Å². The summed E-state index contributed by atoms with van der Waals surface area (Å²) in [6.45, 7) is 4.95. The van der Waals surface area contributed by atoms with Crippen LogP contribution in [0.1, 0.15) is 45.4 Å². The van der Waals surface area contributed by atoms with E-state index < -0.39 is 0 Å². The monoisotopic (exact) mass is 227 g/mol. The van der Waals surface area contributed by atoms with Crippen molar-refractivity contribution in [1.29, 1.82) is 0 Å². The Morgan fingerprint density at radius 1 is 1.20 bits per heavy atom. The van der Waals surface area contributed by atoms with E-state index in [2.05, 4.69) is 24.0 Å². The fourth-order valence-corrected chi connectivity index (χ4v) is 4.50. The molecule has 1 aliphatic heterocycles. The lowest BCUT2D eigenvalue weighted by Crippen LogP contribution is -2.31. The van der Waals surface area contributed by atoms with Gasteiger partial charge in [-0.2, -0.15) is 11.8 Å². The molecule has 1 saturated carbocycles. The number of nitrogens with one attached hydrogen (secondary N) is 1. The minimum absolute atomic E-state index is 0.959. The molecule has 2 rings (SSSR count). The van der Waals surface area contributed by atoms with E-state index in [1.165, 1.54) is 57.4 Å². The molecule has 1 heterocycles. The van der Waals surface area contributed by atoms with Gasteiger partial charge >= 0.3 is 0 Å². The summed E-state index contributed by atoms with van der Waals surface area (Å²) in [5.74, 6) is 3.35. The first-order valence-electron chi connectivity index (χ1n) is 6.67. The summed E-state index contributed by atoms with van der Waals surface area (Å²) in [5, 5.41) is 4.50. The molecule has 0 spiro atoms. The van der Waals surface area contributed by atoms with Gasteiger partial charge in [-0.15, -0.1) is 0 Å². The van der Waals surface area contributed by atoms with Crippen molar-refractivity contribution in [3.05, 3.63) is 0 Å². The molecule has 3 unspecified atom stereocenters. The van der Waals surface area contributed by atoms with E-state index >= 15 is 0 Å². The molecular formula is C13H25NS. The Morgan fingerprint density at radius 2 is 2.13 bits per heavy atom. The predicted octanol–water partition coefficient (Wildman–Crippen LogP) is 3.30. The van der Waals surface area contributed by atoms with Gasteiger partial charge in [-0.25, -0.2) is 0 Å². The fourth-order valence-electron chi connectivity index (χ4n) is 2.87. The summed E-state index contributed by atoms with van der Waals surface area (Å²) >= 11 is 2.27. The molecule has 2 heteroatoms. The van der Waals surface area contributed by atoms with Crippen molar-refractivity contribution in [3.63, 3.8) is 0 Å². The summed E-state index contributed by atoms with van der Waals surface area (Å²) in [5.41, 5.74) is 0. The highest BCUT2D eigenvalue weighted by Gasteiger charge is 2.21. The van der Waals surface area contributed by atoms with E-state index in [0.29, 0.717) is 0 Å². The molecule has 3 atom stereocenters. The van der Waals surface area contributed by atoms with Gasteiger partial charge in [0.2, 0.25) is 0 Å². The second-order valence-electron chi connectivity index (χ2n) is 5.44. The van der Waals surface area contributed by atoms with Crippen LogP contribution >= 0.6 is 11.8 Å². The van der Waals surface area contributed by atoms with E-state index in [0.717, 1.165) is 17.1 Å². The predicted molar refractivity (Wildman–Crippen MR) is 69.5 cm³/mol. The van der Waals surface area contributed by atoms with Crippen molar-refractivity contribution in [2.45, 2.75) is 50.7 Å². The maximum atomic E-state index is 3.52. The standard InChI is InChI=1S/C13H25NS/c1-11-4-2-6-13(8-11)15-10-12-5-3-7-14-9-12/h11-14H,2-10H2,1H3. The normalized spacial score (nSPS) is 37.8. The van der Waals surface area contributed by atoms with Gasteiger partial charge in [0.25, 0.3) is 0 Å². The number of piperidine rings is 1. The zero-order chi connectivity index (χ0) is 10.5. The molecule has 0 aromatic heterocycles. The minimum Gasteiger partial charge on any atom is -0.316 e. The van der Waals surface area contributed by atoms with Crippen molar-refractivity contribution in [2.24, 2.45) is 11.8 Å². The third-order valence-electron chi connectivity index (χ3n) is 3.85. The Morgan fingerprint density at radius 3 is 2.87 bits per heavy atom. The first-order valence-corrected chi connectivity index (χ1v) is 7.72. The Labute approximate surface area is 98.8 Å². The van der Waals surface area contributed by atoms with E-state index in [1.807, 2.05) is 0 Å². The largest absolute Gasteiger partial charge is 0.316 e. The zero-order valence-corrected chi connectivity index (χ0v) is 10.8. The Hall–Kier alpha value is 0.310. The zero-order valence-electron chi connectivity index (χ0n) is 10.0. The van der Waals surface area contributed by atoms with Gasteiger partial charge in [0.1, 0.15) is 0 Å². The Bertz CT molecular complexity index is 177. The van der Waals surface area contributed by atoms with Crippen LogP contribution < -0.4 is 5.32 Å². The summed E-state index contributed by atoms with van der Waals surface area (Å²) < 4.78 is 0. The Kier molecular flexibility index (Phi) is 4.83. The van der Waals surface area contributed by atoms with Gasteiger partial charge < -0.3 is 5.32 Å². The van der Waals surface area contributed by atoms with Crippen LogP contribution in [0.3, 0.4) is 0 Å². The van der Waals surface area contributed by atoms with Crippen molar-refractivity contribution in [2.75, 3.05) is 18.8 Å². The van der Waals surface area contributed by atoms with Crippen LogP contribution in [-0.2, 0) is 0 Å². The van der Waals surface area contributed by atoms with Crippen LogP contribution in [0.4, 0.5) is 0 Å². The van der Waals surface area contributed by atoms with Crippen LogP contribution in [0.25, 0.3) is 0 Å². The molecule has 0 amide bonds. The lowest BCUT2D eigenvalue weighted by Gasteiger charge is -2.29. The average molecular weight is 227 g/mol. The molecule has 1 nitrogen and oxygen atoms in total. The fraction of sp³-hybridized carbons (Fsp3) is 1.00. The van der Waals surface area contributed by atoms with Gasteiger partial charge in [0, 0.05) is 5.25 Å². The molecule has 15 heavy (non-hydrogen) atoms. The summed E-state index contributed by atoms with van der Waals surface area (Å²) in [6, 6.07) is 0. The molecule has 0 radical (unpaired) electrons. The first-order chi connectivity index (χ1) is 7.34. The topological polar surface area (TPSA) is 12.0 Å². The third kappa shape index (κ3) is 3.99. The first kappa shape index (κ1) is 11.8. The highest BCUT2D eigenvalue weighted by molar-refractivity contribution is 7.99. The third-order valence-corrected chi connectivity index (χ3v) is 5.42. The van der Waals surface area contributed by atoms with Crippen LogP contribution in [0.15, 0.2) is 0 Å². The molecule has 88 valence electrons. The summed E-state index contributed by atoms with van der Waals surface area (Å²) in [7, 11) is 0. The number of thioether (sulfide) groups is 1. The molecule has 1 saturated heterocycles. The number of hydrogen-bond donors (Lipinski definition) is 1. The van der Waals surface area contributed by atoms with Crippen LogP contribution in [0.2, 0.25) is 0 Å². The van der Waals surface area contributed by atoms with Gasteiger partial charge in [-0.3, -0.25) is 0 Å². The van der Waals surface area contributed by atoms with Gasteiger partial charge in [0.15, 0.2) is 0 Å².